The number of aromatic nitrogens is 1. The van der Waals surface area contributed by atoms with Crippen molar-refractivity contribution >= 4 is 16.4 Å². The molecule has 0 saturated heterocycles. The van der Waals surface area contributed by atoms with E-state index in [4.69, 9.17) is 0 Å². The third-order valence-electron chi connectivity index (χ3n) is 2.58. The first-order valence-electron chi connectivity index (χ1n) is 4.86. The molecule has 2 heterocycles. The second kappa shape index (κ2) is 2.95. The van der Waals surface area contributed by atoms with Gasteiger partial charge in [-0.15, -0.1) is 0 Å². The summed E-state index contributed by atoms with van der Waals surface area (Å²) in [5.41, 5.74) is 1.91. The third kappa shape index (κ3) is 1.15. The Labute approximate surface area is 86.4 Å². The van der Waals surface area contributed by atoms with E-state index >= 15 is 0 Å². The third-order valence-corrected chi connectivity index (χ3v) is 2.58. The van der Waals surface area contributed by atoms with Crippen molar-refractivity contribution in [3.63, 3.8) is 0 Å². The van der Waals surface area contributed by atoms with Crippen LogP contribution >= 0.6 is 0 Å². The molecule has 0 aliphatic carbocycles. The SMILES string of the molecule is O=c1ccccc2cc3ccccc3n12. The maximum Gasteiger partial charge on any atom is 0.255 e. The van der Waals surface area contributed by atoms with Gasteiger partial charge in [0.15, 0.2) is 0 Å². The van der Waals surface area contributed by atoms with Crippen LogP contribution in [-0.4, -0.2) is 4.40 Å². The molecule has 0 aliphatic heterocycles. The Morgan fingerprint density at radius 2 is 1.60 bits per heavy atom. The highest BCUT2D eigenvalue weighted by Crippen LogP contribution is 2.17. The summed E-state index contributed by atoms with van der Waals surface area (Å²) in [5, 5.41) is 1.10. The van der Waals surface area contributed by atoms with Crippen LogP contribution in [0.25, 0.3) is 16.4 Å². The van der Waals surface area contributed by atoms with Crippen LogP contribution < -0.4 is 5.56 Å². The zero-order valence-electron chi connectivity index (χ0n) is 8.05. The van der Waals surface area contributed by atoms with Gasteiger partial charge in [0.05, 0.1) is 5.52 Å². The quantitative estimate of drug-likeness (QED) is 0.540. The van der Waals surface area contributed by atoms with Gasteiger partial charge in [0.1, 0.15) is 0 Å². The fourth-order valence-corrected chi connectivity index (χ4v) is 1.91. The Morgan fingerprint density at radius 3 is 2.53 bits per heavy atom. The Balaban J connectivity index is 2.72. The first-order valence-corrected chi connectivity index (χ1v) is 4.86. The molecule has 15 heavy (non-hydrogen) atoms. The molecule has 0 spiro atoms. The summed E-state index contributed by atoms with van der Waals surface area (Å²) < 4.78 is 1.73. The summed E-state index contributed by atoms with van der Waals surface area (Å²) in [4.78, 5) is 11.8. The molecule has 0 bridgehead atoms. The lowest BCUT2D eigenvalue weighted by Gasteiger charge is -1.90. The van der Waals surface area contributed by atoms with Crippen LogP contribution in [0.3, 0.4) is 0 Å². The number of rotatable bonds is 0. The molecule has 72 valence electrons. The van der Waals surface area contributed by atoms with Gasteiger partial charge in [-0.05, 0) is 18.2 Å². The molecule has 3 rings (SSSR count). The van der Waals surface area contributed by atoms with Gasteiger partial charge in [-0.2, -0.15) is 0 Å². The van der Waals surface area contributed by atoms with E-state index in [1.807, 2.05) is 42.5 Å². The Hall–Kier alpha value is -2.09. The van der Waals surface area contributed by atoms with Gasteiger partial charge in [-0.1, -0.05) is 30.3 Å². The molecule has 1 aromatic carbocycles. The Bertz CT molecular complexity index is 697. The van der Waals surface area contributed by atoms with E-state index in [2.05, 4.69) is 0 Å². The van der Waals surface area contributed by atoms with Crippen molar-refractivity contribution in [1.82, 2.24) is 4.40 Å². The molecule has 0 fully saturated rings. The van der Waals surface area contributed by atoms with Crippen LogP contribution in [-0.2, 0) is 0 Å². The average Bonchev–Trinajstić information content (AvgIpc) is 2.53. The first-order chi connectivity index (χ1) is 7.36. The summed E-state index contributed by atoms with van der Waals surface area (Å²) >= 11 is 0. The van der Waals surface area contributed by atoms with E-state index in [0.29, 0.717) is 0 Å². The lowest BCUT2D eigenvalue weighted by Crippen LogP contribution is -2.06. The molecule has 0 atom stereocenters. The predicted octanol–water partition coefficient (Wildman–Crippen LogP) is 2.45. The highest BCUT2D eigenvalue weighted by Gasteiger charge is 2.01. The van der Waals surface area contributed by atoms with Gasteiger partial charge in [-0.3, -0.25) is 9.20 Å². The zero-order valence-corrected chi connectivity index (χ0v) is 8.05. The van der Waals surface area contributed by atoms with E-state index in [1.165, 1.54) is 0 Å². The Morgan fingerprint density at radius 1 is 0.867 bits per heavy atom. The van der Waals surface area contributed by atoms with E-state index in [1.54, 1.807) is 16.5 Å². The van der Waals surface area contributed by atoms with Gasteiger partial charge in [-0.25, -0.2) is 0 Å². The summed E-state index contributed by atoms with van der Waals surface area (Å²) in [7, 11) is 0. The topological polar surface area (TPSA) is 21.5 Å². The highest BCUT2D eigenvalue weighted by atomic mass is 16.1. The summed E-state index contributed by atoms with van der Waals surface area (Å²) in [6.07, 6.45) is 0. The summed E-state index contributed by atoms with van der Waals surface area (Å²) in [6, 6.07) is 17.1. The smallest absolute Gasteiger partial charge is 0.255 e. The zero-order chi connectivity index (χ0) is 10.3. The van der Waals surface area contributed by atoms with Crippen LogP contribution in [0, 0.1) is 0 Å². The van der Waals surface area contributed by atoms with E-state index in [-0.39, 0.29) is 5.56 Å². The van der Waals surface area contributed by atoms with Crippen LogP contribution in [0.5, 0.6) is 0 Å². The number of nitrogens with zero attached hydrogens (tertiary/aromatic N) is 1. The summed E-state index contributed by atoms with van der Waals surface area (Å²) in [5.74, 6) is 0. The number of benzene rings is 1. The molecule has 0 radical (unpaired) electrons. The van der Waals surface area contributed by atoms with Gasteiger partial charge in [0.25, 0.3) is 5.56 Å². The maximum absolute atomic E-state index is 11.8. The molecule has 2 heteroatoms. The van der Waals surface area contributed by atoms with Crippen molar-refractivity contribution in [3.05, 3.63) is 65.0 Å². The minimum atomic E-state index is 0.0104. The maximum atomic E-state index is 11.8. The second-order valence-corrected chi connectivity index (χ2v) is 3.52. The van der Waals surface area contributed by atoms with Gasteiger partial charge in [0, 0.05) is 17.0 Å². The van der Waals surface area contributed by atoms with Crippen molar-refractivity contribution < 1.29 is 0 Å². The minimum absolute atomic E-state index is 0.0104. The van der Waals surface area contributed by atoms with Crippen molar-refractivity contribution in [2.24, 2.45) is 0 Å². The van der Waals surface area contributed by atoms with Gasteiger partial charge < -0.3 is 0 Å². The molecule has 0 aliphatic rings. The molecule has 3 aromatic rings. The van der Waals surface area contributed by atoms with E-state index in [9.17, 15) is 4.79 Å². The first kappa shape index (κ1) is 8.24. The molecule has 2 nitrogen and oxygen atoms in total. The molecule has 0 unspecified atom stereocenters. The van der Waals surface area contributed by atoms with Crippen LogP contribution in [0.1, 0.15) is 0 Å². The fraction of sp³-hybridized carbons (Fsp3) is 0. The molecule has 0 amide bonds. The standard InChI is InChI=1S/C13H9NO/c15-13-8-4-2-6-11-9-10-5-1-3-7-12(10)14(11)13/h1-9H. The predicted molar refractivity (Wildman–Crippen MR) is 61.2 cm³/mol. The number of para-hydroxylation sites is 1. The molecular weight excluding hydrogens is 186 g/mol. The Kier molecular flexibility index (Phi) is 1.62. The van der Waals surface area contributed by atoms with Crippen LogP contribution in [0.2, 0.25) is 0 Å². The van der Waals surface area contributed by atoms with Crippen molar-refractivity contribution in [2.75, 3.05) is 0 Å². The van der Waals surface area contributed by atoms with Crippen LogP contribution in [0.15, 0.2) is 59.4 Å². The molecule has 2 aromatic heterocycles. The number of fused-ring (bicyclic) bond motifs is 3. The lowest BCUT2D eigenvalue weighted by atomic mass is 10.2. The van der Waals surface area contributed by atoms with Crippen LogP contribution in [0.4, 0.5) is 0 Å². The summed E-state index contributed by atoms with van der Waals surface area (Å²) in [6.45, 7) is 0. The second-order valence-electron chi connectivity index (χ2n) is 3.52. The number of hydrogen-bond donors (Lipinski definition) is 0. The average molecular weight is 195 g/mol. The van der Waals surface area contributed by atoms with Crippen molar-refractivity contribution in [1.29, 1.82) is 0 Å². The van der Waals surface area contributed by atoms with E-state index in [0.717, 1.165) is 16.4 Å². The van der Waals surface area contributed by atoms with Crippen molar-refractivity contribution in [3.8, 4) is 0 Å². The lowest BCUT2D eigenvalue weighted by molar-refractivity contribution is 1.19. The molecular formula is C13H9NO. The normalized spacial score (nSPS) is 10.9. The van der Waals surface area contributed by atoms with Gasteiger partial charge in [0.2, 0.25) is 0 Å². The largest absolute Gasteiger partial charge is 0.277 e. The van der Waals surface area contributed by atoms with E-state index < -0.39 is 0 Å². The molecule has 0 N–H and O–H groups in total. The van der Waals surface area contributed by atoms with Gasteiger partial charge >= 0.3 is 0 Å². The minimum Gasteiger partial charge on any atom is -0.277 e. The number of hydrogen-bond acceptors (Lipinski definition) is 1. The monoisotopic (exact) mass is 195 g/mol. The molecule has 0 saturated carbocycles. The fourth-order valence-electron chi connectivity index (χ4n) is 1.91. The van der Waals surface area contributed by atoms with Crippen molar-refractivity contribution in [2.45, 2.75) is 0 Å². The highest BCUT2D eigenvalue weighted by molar-refractivity contribution is 5.86.